The average Bonchev–Trinajstić information content (AvgIpc) is 2.77. The first kappa shape index (κ1) is 33.9. The minimum atomic E-state index is 0.152. The van der Waals surface area contributed by atoms with Crippen molar-refractivity contribution in [2.45, 2.75) is 163 Å². The molecule has 0 aromatic heterocycles. The van der Waals surface area contributed by atoms with Gasteiger partial charge in [-0.25, -0.2) is 0 Å². The number of carbonyl (C=O) groups is 2. The maximum Gasteiger partial charge on any atom is 0.220 e. The Balaban J connectivity index is 3.35. The molecule has 2 amide bonds. The van der Waals surface area contributed by atoms with Gasteiger partial charge in [0.25, 0.3) is 0 Å². The normalized spacial score (nSPS) is 12.5. The Bertz CT molecular complexity index is 499. The summed E-state index contributed by atoms with van der Waals surface area (Å²) in [6.45, 7) is 12.5. The van der Waals surface area contributed by atoms with Crippen LogP contribution in [0.4, 0.5) is 0 Å². The number of carbonyl (C=O) groups excluding carboxylic acids is 2. The van der Waals surface area contributed by atoms with E-state index in [2.05, 4.69) is 45.3 Å². The lowest BCUT2D eigenvalue weighted by atomic mass is 9.84. The van der Waals surface area contributed by atoms with Crippen molar-refractivity contribution in [1.29, 1.82) is 0 Å². The molecule has 1 unspecified atom stereocenters. The number of amides is 2. The van der Waals surface area contributed by atoms with E-state index in [4.69, 9.17) is 0 Å². The summed E-state index contributed by atoms with van der Waals surface area (Å²) in [5.41, 5.74) is 0.268. The fraction of sp³-hybridized carbons (Fsp3) is 0.935. The average molecular weight is 495 g/mol. The summed E-state index contributed by atoms with van der Waals surface area (Å²) >= 11 is 0. The molecule has 35 heavy (non-hydrogen) atoms. The van der Waals surface area contributed by atoms with Crippen molar-refractivity contribution in [2.75, 3.05) is 13.1 Å². The van der Waals surface area contributed by atoms with Crippen LogP contribution in [-0.4, -0.2) is 24.9 Å². The van der Waals surface area contributed by atoms with Crippen molar-refractivity contribution in [2.24, 2.45) is 11.3 Å². The van der Waals surface area contributed by atoms with E-state index in [1.165, 1.54) is 89.9 Å². The van der Waals surface area contributed by atoms with E-state index in [9.17, 15) is 9.59 Å². The summed E-state index contributed by atoms with van der Waals surface area (Å²) in [7, 11) is 0. The minimum absolute atomic E-state index is 0.152. The summed E-state index contributed by atoms with van der Waals surface area (Å²) in [4.78, 5) is 24.0. The molecule has 1 atom stereocenters. The second-order valence-corrected chi connectivity index (χ2v) is 12.2. The molecule has 0 bridgehead atoms. The van der Waals surface area contributed by atoms with E-state index < -0.39 is 0 Å². The van der Waals surface area contributed by atoms with Crippen LogP contribution in [0.1, 0.15) is 163 Å². The molecular weight excluding hydrogens is 432 g/mol. The maximum absolute atomic E-state index is 12.0. The predicted octanol–water partition coefficient (Wildman–Crippen LogP) is 8.72. The highest BCUT2D eigenvalue weighted by Crippen LogP contribution is 2.25. The Morgan fingerprint density at radius 2 is 1.00 bits per heavy atom. The van der Waals surface area contributed by atoms with E-state index in [0.717, 1.165) is 25.7 Å². The molecule has 0 heterocycles. The van der Waals surface area contributed by atoms with Gasteiger partial charge in [0.15, 0.2) is 0 Å². The second kappa shape index (κ2) is 23.3. The van der Waals surface area contributed by atoms with E-state index in [1.54, 1.807) is 0 Å². The minimum Gasteiger partial charge on any atom is -0.356 e. The molecule has 0 aliphatic carbocycles. The Labute approximate surface area is 219 Å². The summed E-state index contributed by atoms with van der Waals surface area (Å²) in [6.07, 6.45) is 24.4. The highest BCUT2D eigenvalue weighted by atomic mass is 16.2. The SMILES string of the molecule is CCCCCCCCCCCCCCCCCC(=O)NCCCCNC(=O)CC(C)CC(C)(C)C. The largest absolute Gasteiger partial charge is 0.356 e. The smallest absolute Gasteiger partial charge is 0.220 e. The lowest BCUT2D eigenvalue weighted by molar-refractivity contribution is -0.122. The van der Waals surface area contributed by atoms with Crippen LogP contribution < -0.4 is 10.6 Å². The van der Waals surface area contributed by atoms with Gasteiger partial charge in [-0.1, -0.05) is 125 Å². The second-order valence-electron chi connectivity index (χ2n) is 12.2. The molecule has 0 aliphatic heterocycles. The Hall–Kier alpha value is -1.06. The third-order valence-corrected chi connectivity index (χ3v) is 6.75. The van der Waals surface area contributed by atoms with Crippen molar-refractivity contribution < 1.29 is 9.59 Å². The summed E-state index contributed by atoms with van der Waals surface area (Å²) < 4.78 is 0. The molecule has 0 aromatic carbocycles. The molecule has 0 saturated carbocycles. The van der Waals surface area contributed by atoms with Gasteiger partial charge >= 0.3 is 0 Å². The van der Waals surface area contributed by atoms with Gasteiger partial charge in [-0.3, -0.25) is 9.59 Å². The topological polar surface area (TPSA) is 58.2 Å². The van der Waals surface area contributed by atoms with E-state index >= 15 is 0 Å². The van der Waals surface area contributed by atoms with Crippen LogP contribution in [0.25, 0.3) is 0 Å². The molecule has 0 radical (unpaired) electrons. The monoisotopic (exact) mass is 494 g/mol. The van der Waals surface area contributed by atoms with Crippen molar-refractivity contribution in [1.82, 2.24) is 10.6 Å². The zero-order valence-corrected chi connectivity index (χ0v) is 24.5. The maximum atomic E-state index is 12.0. The summed E-state index contributed by atoms with van der Waals surface area (Å²) in [5, 5.41) is 6.05. The number of nitrogens with one attached hydrogen (secondary N) is 2. The third kappa shape index (κ3) is 27.4. The summed E-state index contributed by atoms with van der Waals surface area (Å²) in [6, 6.07) is 0. The molecule has 0 aliphatic rings. The van der Waals surface area contributed by atoms with Gasteiger partial charge in [0, 0.05) is 25.9 Å². The zero-order valence-electron chi connectivity index (χ0n) is 24.5. The first-order valence-corrected chi connectivity index (χ1v) is 15.3. The van der Waals surface area contributed by atoms with Gasteiger partial charge in [0.2, 0.25) is 11.8 Å². The first-order valence-electron chi connectivity index (χ1n) is 15.3. The summed E-state index contributed by atoms with van der Waals surface area (Å²) in [5.74, 6) is 0.743. The van der Waals surface area contributed by atoms with Crippen LogP contribution in [0.15, 0.2) is 0 Å². The van der Waals surface area contributed by atoms with Crippen molar-refractivity contribution in [3.8, 4) is 0 Å². The molecule has 0 aromatic rings. The third-order valence-electron chi connectivity index (χ3n) is 6.75. The molecule has 2 N–H and O–H groups in total. The van der Waals surface area contributed by atoms with Crippen LogP contribution in [0.2, 0.25) is 0 Å². The Kier molecular flexibility index (Phi) is 22.6. The van der Waals surface area contributed by atoms with Crippen LogP contribution in [0, 0.1) is 11.3 Å². The van der Waals surface area contributed by atoms with Crippen LogP contribution in [-0.2, 0) is 9.59 Å². The van der Waals surface area contributed by atoms with Gasteiger partial charge in [0.1, 0.15) is 0 Å². The predicted molar refractivity (Wildman–Crippen MR) is 153 cm³/mol. The van der Waals surface area contributed by atoms with E-state index in [-0.39, 0.29) is 17.2 Å². The Morgan fingerprint density at radius 3 is 1.43 bits per heavy atom. The van der Waals surface area contributed by atoms with Gasteiger partial charge in [0.05, 0.1) is 0 Å². The molecule has 0 fully saturated rings. The number of unbranched alkanes of at least 4 members (excludes halogenated alkanes) is 15. The van der Waals surface area contributed by atoms with Crippen molar-refractivity contribution >= 4 is 11.8 Å². The molecule has 4 heteroatoms. The van der Waals surface area contributed by atoms with Gasteiger partial charge in [-0.2, -0.15) is 0 Å². The van der Waals surface area contributed by atoms with Crippen molar-refractivity contribution in [3.05, 3.63) is 0 Å². The standard InChI is InChI=1S/C31H62N2O2/c1-6-7-8-9-10-11-12-13-14-15-16-17-18-19-20-23-29(34)32-24-21-22-25-33-30(35)26-28(2)27-31(3,4)5/h28H,6-27H2,1-5H3,(H,32,34)(H,33,35). The van der Waals surface area contributed by atoms with Gasteiger partial charge in [-0.05, 0) is 37.0 Å². The molecule has 4 nitrogen and oxygen atoms in total. The number of rotatable bonds is 24. The number of hydrogen-bond acceptors (Lipinski definition) is 2. The van der Waals surface area contributed by atoms with E-state index in [1.807, 2.05) is 0 Å². The van der Waals surface area contributed by atoms with Gasteiger partial charge in [-0.15, -0.1) is 0 Å². The first-order chi connectivity index (χ1) is 16.7. The molecule has 0 rings (SSSR count). The highest BCUT2D eigenvalue weighted by Gasteiger charge is 2.17. The van der Waals surface area contributed by atoms with Crippen LogP contribution in [0.5, 0.6) is 0 Å². The van der Waals surface area contributed by atoms with E-state index in [0.29, 0.717) is 31.8 Å². The Morgan fingerprint density at radius 1 is 0.600 bits per heavy atom. The number of hydrogen-bond donors (Lipinski definition) is 2. The zero-order chi connectivity index (χ0) is 26.2. The van der Waals surface area contributed by atoms with Gasteiger partial charge < -0.3 is 10.6 Å². The molecule has 0 saturated heterocycles. The fourth-order valence-corrected chi connectivity index (χ4v) is 4.96. The van der Waals surface area contributed by atoms with Crippen LogP contribution >= 0.6 is 0 Å². The lowest BCUT2D eigenvalue weighted by Gasteiger charge is -2.22. The molecule has 0 spiro atoms. The van der Waals surface area contributed by atoms with Crippen molar-refractivity contribution in [3.63, 3.8) is 0 Å². The highest BCUT2D eigenvalue weighted by molar-refractivity contribution is 5.76. The molecule has 208 valence electrons. The lowest BCUT2D eigenvalue weighted by Crippen LogP contribution is -2.28. The molecular formula is C31H62N2O2. The quantitative estimate of drug-likeness (QED) is 0.132. The fourth-order valence-electron chi connectivity index (χ4n) is 4.96. The van der Waals surface area contributed by atoms with Crippen LogP contribution in [0.3, 0.4) is 0 Å².